The lowest BCUT2D eigenvalue weighted by Gasteiger charge is -2.17. The number of rotatable bonds is 2. The molecule has 0 aliphatic heterocycles. The molecule has 0 N–H and O–H groups in total. The van der Waals surface area contributed by atoms with Crippen LogP contribution in [0.25, 0.3) is 0 Å². The number of amides is 1. The fourth-order valence-corrected chi connectivity index (χ4v) is 1.55. The summed E-state index contributed by atoms with van der Waals surface area (Å²) in [5.41, 5.74) is 1.69. The number of carbonyl (C=O) groups is 1. The summed E-state index contributed by atoms with van der Waals surface area (Å²) in [5, 5.41) is 0. The first-order valence-electron chi connectivity index (χ1n) is 5.41. The van der Waals surface area contributed by atoms with Crippen molar-refractivity contribution in [2.45, 2.75) is 6.92 Å². The number of anilines is 1. The number of hydrogen-bond acceptors (Lipinski definition) is 3. The van der Waals surface area contributed by atoms with Crippen LogP contribution in [0.5, 0.6) is 0 Å². The van der Waals surface area contributed by atoms with Crippen molar-refractivity contribution in [2.75, 3.05) is 11.9 Å². The number of hydrogen-bond donors (Lipinski definition) is 0. The second-order valence-corrected chi connectivity index (χ2v) is 3.87. The van der Waals surface area contributed by atoms with Gasteiger partial charge in [-0.25, -0.2) is 4.98 Å². The van der Waals surface area contributed by atoms with Gasteiger partial charge in [0.1, 0.15) is 5.69 Å². The summed E-state index contributed by atoms with van der Waals surface area (Å²) in [6.07, 6.45) is 2.88. The standard InChI is InChI=1S/C13H12FN3O/c1-9-4-3-7-15-12(9)13(18)17(2)10-5-6-11(14)16-8-10/h3-8H,1-2H3. The van der Waals surface area contributed by atoms with E-state index in [-0.39, 0.29) is 5.91 Å². The van der Waals surface area contributed by atoms with E-state index in [1.54, 1.807) is 19.3 Å². The highest BCUT2D eigenvalue weighted by Crippen LogP contribution is 2.15. The summed E-state index contributed by atoms with van der Waals surface area (Å²) in [5.74, 6) is -0.824. The van der Waals surface area contributed by atoms with Gasteiger partial charge >= 0.3 is 0 Å². The van der Waals surface area contributed by atoms with Gasteiger partial charge in [-0.3, -0.25) is 9.78 Å². The molecule has 0 aromatic carbocycles. The Morgan fingerprint density at radius 1 is 1.28 bits per heavy atom. The van der Waals surface area contributed by atoms with Gasteiger partial charge in [0.25, 0.3) is 5.91 Å². The van der Waals surface area contributed by atoms with E-state index >= 15 is 0 Å². The van der Waals surface area contributed by atoms with Gasteiger partial charge in [0.2, 0.25) is 5.95 Å². The molecule has 0 bridgehead atoms. The maximum atomic E-state index is 12.7. The third-order valence-corrected chi connectivity index (χ3v) is 2.62. The quantitative estimate of drug-likeness (QED) is 0.762. The molecule has 92 valence electrons. The van der Waals surface area contributed by atoms with Crippen LogP contribution in [0.3, 0.4) is 0 Å². The zero-order valence-corrected chi connectivity index (χ0v) is 10.1. The van der Waals surface area contributed by atoms with Crippen molar-refractivity contribution in [3.05, 3.63) is 53.9 Å². The molecule has 0 aliphatic carbocycles. The van der Waals surface area contributed by atoms with E-state index < -0.39 is 5.95 Å². The largest absolute Gasteiger partial charge is 0.309 e. The fraction of sp³-hybridized carbons (Fsp3) is 0.154. The molecule has 2 heterocycles. The van der Waals surface area contributed by atoms with Gasteiger partial charge in [-0.2, -0.15) is 4.39 Å². The monoisotopic (exact) mass is 245 g/mol. The summed E-state index contributed by atoms with van der Waals surface area (Å²) in [4.78, 5) is 21.2. The van der Waals surface area contributed by atoms with Gasteiger partial charge < -0.3 is 4.90 Å². The maximum absolute atomic E-state index is 12.7. The van der Waals surface area contributed by atoms with Crippen molar-refractivity contribution in [2.24, 2.45) is 0 Å². The minimum atomic E-state index is -0.575. The molecule has 4 nitrogen and oxygen atoms in total. The van der Waals surface area contributed by atoms with Crippen LogP contribution in [0.1, 0.15) is 16.1 Å². The number of carbonyl (C=O) groups excluding carboxylic acids is 1. The molecule has 0 atom stereocenters. The highest BCUT2D eigenvalue weighted by Gasteiger charge is 2.16. The van der Waals surface area contributed by atoms with E-state index in [9.17, 15) is 9.18 Å². The minimum absolute atomic E-state index is 0.249. The average molecular weight is 245 g/mol. The smallest absolute Gasteiger partial charge is 0.276 e. The van der Waals surface area contributed by atoms with Crippen molar-refractivity contribution in [3.63, 3.8) is 0 Å². The summed E-state index contributed by atoms with van der Waals surface area (Å²) in [6.45, 7) is 1.82. The van der Waals surface area contributed by atoms with Gasteiger partial charge in [0.15, 0.2) is 0 Å². The Hall–Kier alpha value is -2.30. The van der Waals surface area contributed by atoms with E-state index in [4.69, 9.17) is 0 Å². The molecule has 2 rings (SSSR count). The summed E-state index contributed by atoms with van der Waals surface area (Å²) in [6, 6.07) is 6.30. The van der Waals surface area contributed by atoms with Crippen LogP contribution in [0.2, 0.25) is 0 Å². The van der Waals surface area contributed by atoms with Crippen molar-refractivity contribution in [1.82, 2.24) is 9.97 Å². The molecule has 0 spiro atoms. The highest BCUT2D eigenvalue weighted by atomic mass is 19.1. The van der Waals surface area contributed by atoms with Crippen LogP contribution in [-0.2, 0) is 0 Å². The van der Waals surface area contributed by atoms with Crippen molar-refractivity contribution < 1.29 is 9.18 Å². The van der Waals surface area contributed by atoms with Crippen molar-refractivity contribution >= 4 is 11.6 Å². The summed E-state index contributed by atoms with van der Waals surface area (Å²) >= 11 is 0. The van der Waals surface area contributed by atoms with E-state index in [0.29, 0.717) is 11.4 Å². The van der Waals surface area contributed by atoms with Crippen LogP contribution in [0.4, 0.5) is 10.1 Å². The van der Waals surface area contributed by atoms with Crippen molar-refractivity contribution in [3.8, 4) is 0 Å². The third kappa shape index (κ3) is 2.34. The van der Waals surface area contributed by atoms with Crippen LogP contribution in [0.15, 0.2) is 36.7 Å². The molecule has 2 aromatic rings. The zero-order valence-electron chi connectivity index (χ0n) is 10.1. The number of aromatic nitrogens is 2. The highest BCUT2D eigenvalue weighted by molar-refractivity contribution is 6.05. The van der Waals surface area contributed by atoms with Crippen LogP contribution >= 0.6 is 0 Å². The Balaban J connectivity index is 2.29. The SMILES string of the molecule is Cc1cccnc1C(=O)N(C)c1ccc(F)nc1. The van der Waals surface area contributed by atoms with Gasteiger partial charge in [0.05, 0.1) is 11.9 Å². The number of aryl methyl sites for hydroxylation is 1. The molecule has 0 aliphatic rings. The van der Waals surface area contributed by atoms with E-state index in [2.05, 4.69) is 9.97 Å². The first-order valence-corrected chi connectivity index (χ1v) is 5.41. The zero-order chi connectivity index (χ0) is 13.1. The number of pyridine rings is 2. The Morgan fingerprint density at radius 2 is 2.06 bits per heavy atom. The second kappa shape index (κ2) is 4.91. The second-order valence-electron chi connectivity index (χ2n) is 3.87. The Labute approximate surface area is 104 Å². The predicted octanol–water partition coefficient (Wildman–Crippen LogP) is 2.20. The Morgan fingerprint density at radius 3 is 2.67 bits per heavy atom. The normalized spacial score (nSPS) is 10.2. The van der Waals surface area contributed by atoms with Crippen LogP contribution < -0.4 is 4.90 Å². The van der Waals surface area contributed by atoms with Crippen molar-refractivity contribution in [1.29, 1.82) is 0 Å². The van der Waals surface area contributed by atoms with E-state index in [1.165, 1.54) is 23.2 Å². The molecule has 0 radical (unpaired) electrons. The van der Waals surface area contributed by atoms with Gasteiger partial charge in [-0.1, -0.05) is 6.07 Å². The van der Waals surface area contributed by atoms with Crippen LogP contribution in [-0.4, -0.2) is 22.9 Å². The summed E-state index contributed by atoms with van der Waals surface area (Å²) < 4.78 is 12.7. The average Bonchev–Trinajstić information content (AvgIpc) is 2.38. The minimum Gasteiger partial charge on any atom is -0.309 e. The maximum Gasteiger partial charge on any atom is 0.276 e. The first kappa shape index (κ1) is 12.2. The molecule has 2 aromatic heterocycles. The molecule has 0 saturated carbocycles. The fourth-order valence-electron chi connectivity index (χ4n) is 1.55. The molecule has 0 saturated heterocycles. The van der Waals surface area contributed by atoms with E-state index in [0.717, 1.165) is 5.56 Å². The lowest BCUT2D eigenvalue weighted by atomic mass is 10.2. The molecule has 1 amide bonds. The van der Waals surface area contributed by atoms with Gasteiger partial charge in [-0.05, 0) is 30.7 Å². The lowest BCUT2D eigenvalue weighted by molar-refractivity contribution is 0.0987. The van der Waals surface area contributed by atoms with E-state index in [1.807, 2.05) is 13.0 Å². The molecule has 0 unspecified atom stereocenters. The summed E-state index contributed by atoms with van der Waals surface area (Å²) in [7, 11) is 1.60. The molecular weight excluding hydrogens is 233 g/mol. The molecule has 5 heteroatoms. The number of nitrogens with zero attached hydrogens (tertiary/aromatic N) is 3. The van der Waals surface area contributed by atoms with Gasteiger partial charge in [-0.15, -0.1) is 0 Å². The third-order valence-electron chi connectivity index (χ3n) is 2.62. The Bertz CT molecular complexity index is 569. The first-order chi connectivity index (χ1) is 8.59. The number of halogens is 1. The molecule has 0 fully saturated rings. The Kier molecular flexibility index (Phi) is 3.32. The predicted molar refractivity (Wildman–Crippen MR) is 65.9 cm³/mol. The lowest BCUT2D eigenvalue weighted by Crippen LogP contribution is -2.27. The molecule has 18 heavy (non-hydrogen) atoms. The van der Waals surface area contributed by atoms with Crippen LogP contribution in [0, 0.1) is 12.9 Å². The molecular formula is C13H12FN3O. The van der Waals surface area contributed by atoms with Gasteiger partial charge in [0, 0.05) is 13.2 Å². The topological polar surface area (TPSA) is 46.1 Å².